The number of aromatic nitrogens is 7. The Kier molecular flexibility index (Phi) is 8.38. The summed E-state index contributed by atoms with van der Waals surface area (Å²) >= 11 is 0. The van der Waals surface area contributed by atoms with Crippen LogP contribution in [-0.4, -0.2) is 69.9 Å². The van der Waals surface area contributed by atoms with Gasteiger partial charge in [-0.25, -0.2) is 28.4 Å². The first-order valence-corrected chi connectivity index (χ1v) is 16.6. The number of amides is 1. The summed E-state index contributed by atoms with van der Waals surface area (Å²) < 4.78 is 69.7. The Hall–Kier alpha value is -6.25. The van der Waals surface area contributed by atoms with Gasteiger partial charge in [0.25, 0.3) is 0 Å². The molecule has 8 rings (SSSR count). The van der Waals surface area contributed by atoms with E-state index in [1.807, 2.05) is 12.1 Å². The minimum atomic E-state index is -4.50. The number of aliphatic hydroxyl groups excluding tert-OH is 2. The molecule has 2 aliphatic carbocycles. The number of carbonyl (C=O) groups excluding carboxylic acids is 1. The number of nitrogens with one attached hydrogen (secondary N) is 2. The predicted molar refractivity (Wildman–Crippen MR) is 182 cm³/mol. The van der Waals surface area contributed by atoms with Crippen LogP contribution in [0, 0.1) is 34.8 Å². The van der Waals surface area contributed by atoms with Gasteiger partial charge in [-0.3, -0.25) is 4.79 Å². The van der Waals surface area contributed by atoms with Crippen LogP contribution in [0.15, 0.2) is 79.3 Å². The average molecular weight is 742 g/mol. The third kappa shape index (κ3) is 5.98. The standard InChI is InChI=1S/C37H28F5N9O3/c1-43-35(54)36-15-24(36)30(31(52)32(36)53)50-18-45-29-33(46-28(47-34(29)50)12-7-19-5-9-22(10-6-19)37(40,41)42)44-16-20-3-2-4-23(13-20)51-17-27(48-49-51)21-8-11-25(38)26(39)14-21/h2-6,8-11,13-14,17-18,24,30-32,52-53H,15-16H2,1H3,(H,43,54)(H,44,46,47)/t24-,30-,31+,32+,36-/m1/s1. The highest BCUT2D eigenvalue weighted by Crippen LogP contribution is 2.67. The minimum absolute atomic E-state index is 0.00540. The van der Waals surface area contributed by atoms with E-state index in [1.165, 1.54) is 36.3 Å². The maximum Gasteiger partial charge on any atom is 0.416 e. The first-order valence-electron chi connectivity index (χ1n) is 16.6. The molecule has 3 aromatic carbocycles. The zero-order chi connectivity index (χ0) is 37.9. The molecule has 274 valence electrons. The number of aliphatic hydroxyl groups is 2. The molecule has 0 radical (unpaired) electrons. The van der Waals surface area contributed by atoms with Crippen molar-refractivity contribution in [2.24, 2.45) is 11.3 Å². The summed E-state index contributed by atoms with van der Waals surface area (Å²) in [6, 6.07) is 14.3. The van der Waals surface area contributed by atoms with Gasteiger partial charge in [-0.2, -0.15) is 13.2 Å². The van der Waals surface area contributed by atoms with Crippen molar-refractivity contribution in [1.82, 2.24) is 39.8 Å². The van der Waals surface area contributed by atoms with E-state index in [2.05, 4.69) is 47.7 Å². The number of benzene rings is 3. The van der Waals surface area contributed by atoms with Crippen LogP contribution in [-0.2, 0) is 17.5 Å². The quantitative estimate of drug-likeness (QED) is 0.138. The molecule has 6 aromatic rings. The molecular weight excluding hydrogens is 713 g/mol. The second-order valence-electron chi connectivity index (χ2n) is 13.1. The molecule has 2 fully saturated rings. The molecule has 0 bridgehead atoms. The Morgan fingerprint density at radius 1 is 1.02 bits per heavy atom. The number of anilines is 1. The fourth-order valence-electron chi connectivity index (χ4n) is 7.14. The Bertz CT molecular complexity index is 2490. The molecule has 2 aliphatic rings. The van der Waals surface area contributed by atoms with Crippen molar-refractivity contribution in [1.29, 1.82) is 0 Å². The number of alkyl halides is 3. The van der Waals surface area contributed by atoms with E-state index < -0.39 is 53.0 Å². The van der Waals surface area contributed by atoms with Gasteiger partial charge >= 0.3 is 6.18 Å². The number of nitrogens with zero attached hydrogens (tertiary/aromatic N) is 7. The molecule has 5 atom stereocenters. The van der Waals surface area contributed by atoms with Crippen molar-refractivity contribution in [3.05, 3.63) is 113 Å². The molecule has 17 heteroatoms. The zero-order valence-electron chi connectivity index (χ0n) is 28.1. The number of imidazole rings is 1. The van der Waals surface area contributed by atoms with Crippen LogP contribution in [0.1, 0.15) is 35.0 Å². The molecule has 4 N–H and O–H groups in total. The van der Waals surface area contributed by atoms with Gasteiger partial charge < -0.3 is 25.4 Å². The maximum absolute atomic E-state index is 13.8. The monoisotopic (exact) mass is 741 g/mol. The SMILES string of the molecule is CNC(=O)[C@]12C[C@@H]1[C@@H](n1cnc3c(NCc4cccc(-n5cc(-c6ccc(F)c(F)c6)nn5)c4)nc(C#Cc4ccc(C(F)(F)F)cc4)nc31)[C@H](O)[C@@H]2O. The molecular formula is C37H28F5N9O3. The van der Waals surface area contributed by atoms with Crippen LogP contribution in [0.2, 0.25) is 0 Å². The highest BCUT2D eigenvalue weighted by molar-refractivity contribution is 5.88. The van der Waals surface area contributed by atoms with E-state index in [0.717, 1.165) is 29.8 Å². The average Bonchev–Trinajstić information content (AvgIpc) is 3.40. The summed E-state index contributed by atoms with van der Waals surface area (Å²) in [5.41, 5.74) is 0.942. The lowest BCUT2D eigenvalue weighted by molar-refractivity contribution is -0.137. The largest absolute Gasteiger partial charge is 0.416 e. The van der Waals surface area contributed by atoms with E-state index in [1.54, 1.807) is 22.9 Å². The second kappa shape index (κ2) is 13.0. The van der Waals surface area contributed by atoms with Gasteiger partial charge in [0.15, 0.2) is 28.6 Å². The number of hydrogen-bond donors (Lipinski definition) is 4. The molecule has 2 saturated carbocycles. The van der Waals surface area contributed by atoms with Crippen molar-refractivity contribution in [3.8, 4) is 28.8 Å². The van der Waals surface area contributed by atoms with Crippen LogP contribution in [0.4, 0.5) is 27.8 Å². The summed E-state index contributed by atoms with van der Waals surface area (Å²) in [5, 5.41) is 36.2. The number of rotatable bonds is 7. The van der Waals surface area contributed by atoms with Crippen molar-refractivity contribution >= 4 is 22.9 Å². The van der Waals surface area contributed by atoms with E-state index in [9.17, 15) is 37.0 Å². The fraction of sp³-hybridized carbons (Fsp3) is 0.243. The van der Waals surface area contributed by atoms with Crippen LogP contribution in [0.25, 0.3) is 28.1 Å². The Morgan fingerprint density at radius 2 is 1.81 bits per heavy atom. The van der Waals surface area contributed by atoms with Gasteiger partial charge in [0, 0.05) is 30.6 Å². The van der Waals surface area contributed by atoms with Crippen molar-refractivity contribution < 1.29 is 37.0 Å². The lowest BCUT2D eigenvalue weighted by Gasteiger charge is -2.23. The summed E-state index contributed by atoms with van der Waals surface area (Å²) in [5.74, 6) is 3.10. The highest BCUT2D eigenvalue weighted by Gasteiger charge is 2.75. The topological polar surface area (TPSA) is 156 Å². The number of halogens is 5. The van der Waals surface area contributed by atoms with Gasteiger partial charge in [-0.1, -0.05) is 23.3 Å². The zero-order valence-corrected chi connectivity index (χ0v) is 28.1. The van der Waals surface area contributed by atoms with Crippen molar-refractivity contribution in [2.75, 3.05) is 12.4 Å². The molecule has 0 unspecified atom stereocenters. The summed E-state index contributed by atoms with van der Waals surface area (Å²) in [4.78, 5) is 26.5. The van der Waals surface area contributed by atoms with Crippen LogP contribution in [0.5, 0.6) is 0 Å². The van der Waals surface area contributed by atoms with Crippen molar-refractivity contribution in [3.63, 3.8) is 0 Å². The van der Waals surface area contributed by atoms with E-state index in [-0.39, 0.29) is 35.3 Å². The van der Waals surface area contributed by atoms with Gasteiger partial charge in [0.05, 0.1) is 41.3 Å². The number of fused-ring (bicyclic) bond motifs is 2. The minimum Gasteiger partial charge on any atom is -0.389 e. The lowest BCUT2D eigenvalue weighted by atomic mass is 9.98. The van der Waals surface area contributed by atoms with Crippen LogP contribution >= 0.6 is 0 Å². The smallest absolute Gasteiger partial charge is 0.389 e. The molecule has 0 spiro atoms. The van der Waals surface area contributed by atoms with Gasteiger partial charge in [-0.15, -0.1) is 5.10 Å². The molecule has 0 saturated heterocycles. The van der Waals surface area contributed by atoms with Gasteiger partial charge in [0.1, 0.15) is 11.8 Å². The van der Waals surface area contributed by atoms with Crippen LogP contribution < -0.4 is 10.6 Å². The maximum atomic E-state index is 13.8. The summed E-state index contributed by atoms with van der Waals surface area (Å²) in [7, 11) is 1.47. The third-order valence-corrected chi connectivity index (χ3v) is 9.94. The van der Waals surface area contributed by atoms with E-state index in [4.69, 9.17) is 0 Å². The predicted octanol–water partition coefficient (Wildman–Crippen LogP) is 4.41. The third-order valence-electron chi connectivity index (χ3n) is 9.94. The van der Waals surface area contributed by atoms with Gasteiger partial charge in [-0.05, 0) is 72.5 Å². The fourth-order valence-corrected chi connectivity index (χ4v) is 7.14. The first-order chi connectivity index (χ1) is 25.9. The molecule has 1 amide bonds. The van der Waals surface area contributed by atoms with Crippen LogP contribution in [0.3, 0.4) is 0 Å². The van der Waals surface area contributed by atoms with Crippen molar-refractivity contribution in [2.45, 2.75) is 37.4 Å². The number of carbonyl (C=O) groups is 1. The Labute approximate surface area is 302 Å². The lowest BCUT2D eigenvalue weighted by Crippen LogP contribution is -2.41. The summed E-state index contributed by atoms with van der Waals surface area (Å²) in [6.07, 6.45) is -3.77. The molecule has 12 nitrogen and oxygen atoms in total. The molecule has 0 aliphatic heterocycles. The Balaban J connectivity index is 1.11. The Morgan fingerprint density at radius 3 is 2.56 bits per heavy atom. The van der Waals surface area contributed by atoms with E-state index in [0.29, 0.717) is 28.9 Å². The van der Waals surface area contributed by atoms with Gasteiger partial charge in [0.2, 0.25) is 11.7 Å². The first kappa shape index (κ1) is 34.8. The molecule has 3 aromatic heterocycles. The second-order valence-corrected chi connectivity index (χ2v) is 13.1. The highest BCUT2D eigenvalue weighted by atomic mass is 19.4. The normalized spacial score (nSPS) is 21.7. The molecule has 54 heavy (non-hydrogen) atoms. The van der Waals surface area contributed by atoms with E-state index >= 15 is 0 Å². The number of hydrogen-bond acceptors (Lipinski definition) is 9. The summed E-state index contributed by atoms with van der Waals surface area (Å²) in [6.45, 7) is 0.205. The molecule has 3 heterocycles.